The topological polar surface area (TPSA) is 66.8 Å². The van der Waals surface area contributed by atoms with Gasteiger partial charge in [-0.1, -0.05) is 72.2 Å². The van der Waals surface area contributed by atoms with Crippen LogP contribution in [0.5, 0.6) is 11.5 Å². The molecule has 0 spiro atoms. The lowest BCUT2D eigenvalue weighted by atomic mass is 9.76. The summed E-state index contributed by atoms with van der Waals surface area (Å²) in [7, 11) is 0. The fourth-order valence-corrected chi connectivity index (χ4v) is 3.84. The summed E-state index contributed by atoms with van der Waals surface area (Å²) in [5.41, 5.74) is 2.14. The average molecular weight is 461 g/mol. The number of aromatic hydroxyl groups is 1. The molecule has 5 heteroatoms. The van der Waals surface area contributed by atoms with Crippen LogP contribution in [0.1, 0.15) is 90.5 Å². The smallest absolute Gasteiger partial charge is 0.347 e. The first kappa shape index (κ1) is 26.1. The highest BCUT2D eigenvalue weighted by Crippen LogP contribution is 2.42. The number of phenols is 1. The predicted octanol–water partition coefficient (Wildman–Crippen LogP) is 7.23. The molecule has 0 heterocycles. The van der Waals surface area contributed by atoms with E-state index < -0.39 is 11.6 Å². The monoisotopic (exact) mass is 460 g/mol. The number of carboxylic acid groups (broad SMARTS) is 1. The van der Waals surface area contributed by atoms with E-state index in [2.05, 4.69) is 60.6 Å². The third-order valence-electron chi connectivity index (χ3n) is 5.75. The van der Waals surface area contributed by atoms with Gasteiger partial charge in [0.15, 0.2) is 5.60 Å². The van der Waals surface area contributed by atoms with E-state index in [0.29, 0.717) is 22.9 Å². The lowest BCUT2D eigenvalue weighted by Gasteiger charge is -2.29. The molecule has 1 atom stereocenters. The van der Waals surface area contributed by atoms with Gasteiger partial charge in [0.05, 0.1) is 0 Å². The molecule has 1 unspecified atom stereocenters. The Hall–Kier alpha value is -2.20. The standard InChI is InChI=1S/C27H37ClO4/c1-16(12-18-13-19(10-11-22(18)28)32-27(8,9)24(30)31)17-14-20(25(2,3)4)23(29)21(15-17)26(5,6)7/h10-11,13-16,29H,12H2,1-9H3,(H,30,31). The molecule has 176 valence electrons. The van der Waals surface area contributed by atoms with E-state index >= 15 is 0 Å². The number of carbonyl (C=O) groups is 1. The van der Waals surface area contributed by atoms with Crippen molar-refractivity contribution in [1.82, 2.24) is 0 Å². The van der Waals surface area contributed by atoms with Crippen LogP contribution in [-0.2, 0) is 22.0 Å². The molecular formula is C27H37ClO4. The van der Waals surface area contributed by atoms with Gasteiger partial charge in [-0.15, -0.1) is 0 Å². The van der Waals surface area contributed by atoms with Gasteiger partial charge in [0.25, 0.3) is 0 Å². The molecular weight excluding hydrogens is 424 g/mol. The Morgan fingerprint density at radius 2 is 1.47 bits per heavy atom. The van der Waals surface area contributed by atoms with Crippen LogP contribution in [0.2, 0.25) is 5.02 Å². The van der Waals surface area contributed by atoms with Gasteiger partial charge in [-0.25, -0.2) is 4.79 Å². The summed E-state index contributed by atoms with van der Waals surface area (Å²) in [5, 5.41) is 21.0. The van der Waals surface area contributed by atoms with Crippen LogP contribution in [0, 0.1) is 0 Å². The average Bonchev–Trinajstić information content (AvgIpc) is 2.62. The maximum absolute atomic E-state index is 11.4. The van der Waals surface area contributed by atoms with Crippen LogP contribution in [0.3, 0.4) is 0 Å². The largest absolute Gasteiger partial charge is 0.507 e. The first-order valence-corrected chi connectivity index (χ1v) is 11.4. The van der Waals surface area contributed by atoms with Gasteiger partial charge in [-0.05, 0) is 77.5 Å². The molecule has 2 aromatic carbocycles. The number of aliphatic carboxylic acids is 1. The maximum Gasteiger partial charge on any atom is 0.347 e. The molecule has 0 radical (unpaired) electrons. The Morgan fingerprint density at radius 3 is 1.91 bits per heavy atom. The van der Waals surface area contributed by atoms with E-state index in [1.165, 1.54) is 13.8 Å². The minimum atomic E-state index is -1.34. The fraction of sp³-hybridized carbons (Fsp3) is 0.519. The predicted molar refractivity (Wildman–Crippen MR) is 131 cm³/mol. The van der Waals surface area contributed by atoms with Crippen molar-refractivity contribution in [2.24, 2.45) is 0 Å². The van der Waals surface area contributed by atoms with Crippen molar-refractivity contribution in [3.05, 3.63) is 57.6 Å². The Morgan fingerprint density at radius 1 is 0.969 bits per heavy atom. The number of rotatable bonds is 6. The molecule has 0 amide bonds. The molecule has 0 aliphatic heterocycles. The molecule has 0 saturated heterocycles. The van der Waals surface area contributed by atoms with E-state index in [-0.39, 0.29) is 16.7 Å². The summed E-state index contributed by atoms with van der Waals surface area (Å²) >= 11 is 6.48. The quantitative estimate of drug-likeness (QED) is 0.477. The van der Waals surface area contributed by atoms with Crippen LogP contribution >= 0.6 is 11.6 Å². The summed E-state index contributed by atoms with van der Waals surface area (Å²) in [6.07, 6.45) is 0.654. The van der Waals surface area contributed by atoms with E-state index in [1.54, 1.807) is 12.1 Å². The summed E-state index contributed by atoms with van der Waals surface area (Å²) in [6.45, 7) is 17.8. The Kier molecular flexibility index (Phi) is 7.31. The van der Waals surface area contributed by atoms with E-state index in [1.807, 2.05) is 6.07 Å². The van der Waals surface area contributed by atoms with Gasteiger partial charge < -0.3 is 14.9 Å². The SMILES string of the molecule is CC(Cc1cc(OC(C)(C)C(=O)O)ccc1Cl)c1cc(C(C)(C)C)c(O)c(C(C)(C)C)c1. The molecule has 2 rings (SSSR count). The van der Waals surface area contributed by atoms with Gasteiger partial charge in [-0.3, -0.25) is 0 Å². The summed E-state index contributed by atoms with van der Waals surface area (Å²) in [5.74, 6) is -0.0698. The van der Waals surface area contributed by atoms with Crippen molar-refractivity contribution in [3.63, 3.8) is 0 Å². The number of benzene rings is 2. The molecule has 0 aromatic heterocycles. The Bertz CT molecular complexity index is 959. The van der Waals surface area contributed by atoms with E-state index in [4.69, 9.17) is 16.3 Å². The molecule has 0 aliphatic carbocycles. The number of hydrogen-bond donors (Lipinski definition) is 2. The second-order valence-electron chi connectivity index (χ2n) is 11.2. The van der Waals surface area contributed by atoms with Gasteiger partial charge in [0, 0.05) is 5.02 Å². The minimum Gasteiger partial charge on any atom is -0.507 e. The van der Waals surface area contributed by atoms with Crippen molar-refractivity contribution in [3.8, 4) is 11.5 Å². The van der Waals surface area contributed by atoms with Crippen LogP contribution in [0.15, 0.2) is 30.3 Å². The highest BCUT2D eigenvalue weighted by atomic mass is 35.5. The van der Waals surface area contributed by atoms with Gasteiger partial charge in [0.2, 0.25) is 0 Å². The third kappa shape index (κ3) is 5.98. The van der Waals surface area contributed by atoms with Crippen molar-refractivity contribution < 1.29 is 19.7 Å². The van der Waals surface area contributed by atoms with Gasteiger partial charge in [-0.2, -0.15) is 0 Å². The van der Waals surface area contributed by atoms with Gasteiger partial charge in [0.1, 0.15) is 11.5 Å². The fourth-order valence-electron chi connectivity index (χ4n) is 3.64. The zero-order valence-electron chi connectivity index (χ0n) is 20.8. The second-order valence-corrected chi connectivity index (χ2v) is 11.6. The van der Waals surface area contributed by atoms with Gasteiger partial charge >= 0.3 is 5.97 Å². The van der Waals surface area contributed by atoms with Crippen molar-refractivity contribution >= 4 is 17.6 Å². The molecule has 32 heavy (non-hydrogen) atoms. The summed E-state index contributed by atoms with van der Waals surface area (Å²) in [4.78, 5) is 11.4. The lowest BCUT2D eigenvalue weighted by molar-refractivity contribution is -0.152. The number of phenolic OH excluding ortho intramolecular Hbond substituents is 1. The number of halogens is 1. The minimum absolute atomic E-state index is 0.123. The van der Waals surface area contributed by atoms with Crippen molar-refractivity contribution in [1.29, 1.82) is 0 Å². The van der Waals surface area contributed by atoms with Crippen LogP contribution in [0.4, 0.5) is 0 Å². The van der Waals surface area contributed by atoms with Crippen LogP contribution in [-0.4, -0.2) is 21.8 Å². The molecule has 0 fully saturated rings. The van der Waals surface area contributed by atoms with Crippen molar-refractivity contribution in [2.45, 2.75) is 91.1 Å². The highest BCUT2D eigenvalue weighted by molar-refractivity contribution is 6.31. The lowest BCUT2D eigenvalue weighted by Crippen LogP contribution is -2.37. The highest BCUT2D eigenvalue weighted by Gasteiger charge is 2.30. The Labute approximate surface area is 197 Å². The zero-order valence-corrected chi connectivity index (χ0v) is 21.5. The molecule has 2 N–H and O–H groups in total. The Balaban J connectivity index is 2.46. The first-order valence-electron chi connectivity index (χ1n) is 11.0. The normalized spacial score (nSPS) is 13.7. The molecule has 4 nitrogen and oxygen atoms in total. The maximum atomic E-state index is 11.4. The first-order chi connectivity index (χ1) is 14.4. The van der Waals surface area contributed by atoms with E-state index in [9.17, 15) is 15.0 Å². The van der Waals surface area contributed by atoms with Crippen molar-refractivity contribution in [2.75, 3.05) is 0 Å². The second kappa shape index (κ2) is 8.97. The van der Waals surface area contributed by atoms with Crippen LogP contribution < -0.4 is 4.74 Å². The third-order valence-corrected chi connectivity index (χ3v) is 6.12. The molecule has 0 bridgehead atoms. The van der Waals surface area contributed by atoms with E-state index in [0.717, 1.165) is 22.3 Å². The number of hydrogen-bond acceptors (Lipinski definition) is 3. The number of carboxylic acids is 1. The molecule has 0 saturated carbocycles. The van der Waals surface area contributed by atoms with Crippen LogP contribution in [0.25, 0.3) is 0 Å². The summed E-state index contributed by atoms with van der Waals surface area (Å²) < 4.78 is 5.70. The molecule has 0 aliphatic rings. The summed E-state index contributed by atoms with van der Waals surface area (Å²) in [6, 6.07) is 9.44. The molecule has 2 aromatic rings. The zero-order chi connectivity index (χ0) is 24.6. The number of ether oxygens (including phenoxy) is 1.